The molecular weight excluding hydrogens is 346 g/mol. The van der Waals surface area contributed by atoms with Crippen molar-refractivity contribution in [1.82, 2.24) is 15.5 Å². The fourth-order valence-corrected chi connectivity index (χ4v) is 3.69. The first-order chi connectivity index (χ1) is 12.6. The average Bonchev–Trinajstić information content (AvgIpc) is 3.11. The van der Waals surface area contributed by atoms with E-state index in [0.29, 0.717) is 17.7 Å². The number of aryl methyl sites for hydroxylation is 1. The highest BCUT2D eigenvalue weighted by Crippen LogP contribution is 2.26. The number of rotatable bonds is 7. The van der Waals surface area contributed by atoms with Crippen LogP contribution in [0.5, 0.6) is 0 Å². The number of carbonyl (C=O) groups is 1. The topological polar surface area (TPSA) is 68.0 Å². The molecule has 1 atom stereocenters. The Morgan fingerprint density at radius 2 is 2.23 bits per heavy atom. The van der Waals surface area contributed by atoms with Crippen LogP contribution >= 0.6 is 11.8 Å². The second-order valence-corrected chi connectivity index (χ2v) is 7.94. The average molecular weight is 372 g/mol. The van der Waals surface area contributed by atoms with E-state index < -0.39 is 0 Å². The van der Waals surface area contributed by atoms with Crippen LogP contribution in [0, 0.1) is 6.92 Å². The van der Waals surface area contributed by atoms with Crippen LogP contribution in [-0.4, -0.2) is 27.9 Å². The number of allylic oxidation sites excluding steroid dienone is 1. The standard InChI is InChI=1S/C20H25N3O2S/c1-14-7-6-10-17(13-14)19-22-23-20(25-19)26-15(2)18(24)21-12-11-16-8-4-3-5-9-16/h6-8,10,13,15H,3-5,9,11-12H2,1-2H3,(H,21,24)/t15-/m1/s1. The summed E-state index contributed by atoms with van der Waals surface area (Å²) >= 11 is 1.29. The lowest BCUT2D eigenvalue weighted by molar-refractivity contribution is -0.120. The van der Waals surface area contributed by atoms with Gasteiger partial charge in [-0.2, -0.15) is 0 Å². The van der Waals surface area contributed by atoms with Crippen molar-refractivity contribution in [2.24, 2.45) is 0 Å². The molecule has 26 heavy (non-hydrogen) atoms. The van der Waals surface area contributed by atoms with E-state index in [2.05, 4.69) is 21.6 Å². The van der Waals surface area contributed by atoms with Crippen molar-refractivity contribution in [2.45, 2.75) is 56.4 Å². The van der Waals surface area contributed by atoms with Gasteiger partial charge in [-0.05, 0) is 58.1 Å². The number of hydrogen-bond donors (Lipinski definition) is 1. The number of hydrogen-bond acceptors (Lipinski definition) is 5. The Hall–Kier alpha value is -2.08. The lowest BCUT2D eigenvalue weighted by atomic mass is 9.97. The van der Waals surface area contributed by atoms with Crippen molar-refractivity contribution >= 4 is 17.7 Å². The molecule has 0 aliphatic heterocycles. The Bertz CT molecular complexity index is 785. The highest BCUT2D eigenvalue weighted by Gasteiger charge is 2.18. The van der Waals surface area contributed by atoms with Gasteiger partial charge in [0.15, 0.2) is 0 Å². The molecule has 138 valence electrons. The Balaban J connectivity index is 1.49. The van der Waals surface area contributed by atoms with Gasteiger partial charge >= 0.3 is 0 Å². The number of nitrogens with one attached hydrogen (secondary N) is 1. The van der Waals surface area contributed by atoms with E-state index in [1.165, 1.54) is 43.0 Å². The van der Waals surface area contributed by atoms with Crippen LogP contribution in [0.4, 0.5) is 0 Å². The van der Waals surface area contributed by atoms with Crippen molar-refractivity contribution < 1.29 is 9.21 Å². The van der Waals surface area contributed by atoms with Crippen molar-refractivity contribution in [1.29, 1.82) is 0 Å². The second-order valence-electron chi connectivity index (χ2n) is 6.65. The summed E-state index contributed by atoms with van der Waals surface area (Å²) in [6, 6.07) is 7.91. The Morgan fingerprint density at radius 3 is 3.00 bits per heavy atom. The third kappa shape index (κ3) is 5.21. The lowest BCUT2D eigenvalue weighted by Crippen LogP contribution is -2.31. The molecule has 0 saturated heterocycles. The molecule has 1 amide bonds. The Kier molecular flexibility index (Phi) is 6.50. The van der Waals surface area contributed by atoms with E-state index in [0.717, 1.165) is 17.5 Å². The summed E-state index contributed by atoms with van der Waals surface area (Å²) in [6.07, 6.45) is 8.17. The summed E-state index contributed by atoms with van der Waals surface area (Å²) in [7, 11) is 0. The van der Waals surface area contributed by atoms with E-state index in [1.54, 1.807) is 0 Å². The smallest absolute Gasteiger partial charge is 0.277 e. The molecule has 0 radical (unpaired) electrons. The maximum atomic E-state index is 12.3. The predicted molar refractivity (Wildman–Crippen MR) is 104 cm³/mol. The first-order valence-corrected chi connectivity index (χ1v) is 10.0. The van der Waals surface area contributed by atoms with Crippen LogP contribution in [0.15, 0.2) is 45.6 Å². The van der Waals surface area contributed by atoms with E-state index >= 15 is 0 Å². The zero-order valence-electron chi connectivity index (χ0n) is 15.3. The summed E-state index contributed by atoms with van der Waals surface area (Å²) in [6.45, 7) is 4.57. The third-order valence-electron chi connectivity index (χ3n) is 4.45. The highest BCUT2D eigenvalue weighted by atomic mass is 32.2. The Morgan fingerprint density at radius 1 is 1.35 bits per heavy atom. The summed E-state index contributed by atoms with van der Waals surface area (Å²) in [5, 5.41) is 11.3. The lowest BCUT2D eigenvalue weighted by Gasteiger charge is -2.14. The van der Waals surface area contributed by atoms with Crippen molar-refractivity contribution in [3.05, 3.63) is 41.5 Å². The maximum Gasteiger partial charge on any atom is 0.277 e. The van der Waals surface area contributed by atoms with Gasteiger partial charge in [-0.1, -0.05) is 41.1 Å². The molecule has 3 rings (SSSR count). The van der Waals surface area contributed by atoms with E-state index in [-0.39, 0.29) is 11.2 Å². The van der Waals surface area contributed by atoms with Gasteiger partial charge in [0.1, 0.15) is 0 Å². The van der Waals surface area contributed by atoms with Crippen LogP contribution in [0.2, 0.25) is 0 Å². The van der Waals surface area contributed by atoms with Gasteiger partial charge in [-0.15, -0.1) is 10.2 Å². The second kappa shape index (κ2) is 9.03. The number of carbonyl (C=O) groups excluding carboxylic acids is 1. The first kappa shape index (κ1) is 18.7. The first-order valence-electron chi connectivity index (χ1n) is 9.14. The van der Waals surface area contributed by atoms with E-state index in [4.69, 9.17) is 4.42 Å². The van der Waals surface area contributed by atoms with E-state index in [9.17, 15) is 4.79 Å². The summed E-state index contributed by atoms with van der Waals surface area (Å²) in [5.74, 6) is 0.481. The van der Waals surface area contributed by atoms with Gasteiger partial charge in [0.2, 0.25) is 11.8 Å². The van der Waals surface area contributed by atoms with Gasteiger partial charge in [0.25, 0.3) is 5.22 Å². The van der Waals surface area contributed by atoms with Crippen molar-refractivity contribution in [2.75, 3.05) is 6.54 Å². The fraction of sp³-hybridized carbons (Fsp3) is 0.450. The zero-order valence-corrected chi connectivity index (χ0v) is 16.1. The fourth-order valence-electron chi connectivity index (χ4n) is 2.98. The largest absolute Gasteiger partial charge is 0.411 e. The molecule has 0 saturated carbocycles. The number of benzene rings is 1. The molecule has 1 N–H and O–H groups in total. The number of amides is 1. The molecule has 1 heterocycles. The maximum absolute atomic E-state index is 12.3. The Labute approximate surface area is 158 Å². The van der Waals surface area contributed by atoms with Gasteiger partial charge < -0.3 is 9.73 Å². The molecule has 1 aliphatic rings. The van der Waals surface area contributed by atoms with Crippen molar-refractivity contribution in [3.63, 3.8) is 0 Å². The zero-order chi connectivity index (χ0) is 18.4. The number of nitrogens with zero attached hydrogens (tertiary/aromatic N) is 2. The minimum absolute atomic E-state index is 0.00159. The molecule has 0 fully saturated rings. The summed E-state index contributed by atoms with van der Waals surface area (Å²) in [5.41, 5.74) is 3.49. The monoisotopic (exact) mass is 371 g/mol. The molecular formula is C20H25N3O2S. The SMILES string of the molecule is Cc1cccc(-c2nnc(S[C@H](C)C(=O)NCCC3=CCCCC3)o2)c1. The van der Waals surface area contributed by atoms with Crippen LogP contribution in [-0.2, 0) is 4.79 Å². The molecule has 2 aromatic rings. The quantitative estimate of drug-likeness (QED) is 0.572. The molecule has 6 heteroatoms. The van der Waals surface area contributed by atoms with Gasteiger partial charge in [0.05, 0.1) is 5.25 Å². The summed E-state index contributed by atoms with van der Waals surface area (Å²) in [4.78, 5) is 12.3. The van der Waals surface area contributed by atoms with Gasteiger partial charge in [-0.3, -0.25) is 4.79 Å². The number of aromatic nitrogens is 2. The van der Waals surface area contributed by atoms with Crippen LogP contribution in [0.3, 0.4) is 0 Å². The third-order valence-corrected chi connectivity index (χ3v) is 5.38. The molecule has 1 aromatic carbocycles. The molecule has 1 aliphatic carbocycles. The minimum atomic E-state index is -0.277. The molecule has 0 spiro atoms. The highest BCUT2D eigenvalue weighted by molar-refractivity contribution is 8.00. The summed E-state index contributed by atoms with van der Waals surface area (Å²) < 4.78 is 5.70. The van der Waals surface area contributed by atoms with Gasteiger partial charge in [0, 0.05) is 12.1 Å². The molecule has 0 bridgehead atoms. The van der Waals surface area contributed by atoms with Crippen LogP contribution in [0.1, 0.15) is 44.6 Å². The molecule has 1 aromatic heterocycles. The predicted octanol–water partition coefficient (Wildman–Crippen LogP) is 4.53. The van der Waals surface area contributed by atoms with Gasteiger partial charge in [-0.25, -0.2) is 0 Å². The van der Waals surface area contributed by atoms with Crippen LogP contribution < -0.4 is 5.32 Å². The van der Waals surface area contributed by atoms with E-state index in [1.807, 2.05) is 38.1 Å². The molecule has 5 nitrogen and oxygen atoms in total. The number of thioether (sulfide) groups is 1. The minimum Gasteiger partial charge on any atom is -0.411 e. The normalized spacial score (nSPS) is 15.4. The molecule has 0 unspecified atom stereocenters. The van der Waals surface area contributed by atoms with Crippen LogP contribution in [0.25, 0.3) is 11.5 Å². The van der Waals surface area contributed by atoms with Crippen molar-refractivity contribution in [3.8, 4) is 11.5 Å².